The Morgan fingerprint density at radius 1 is 0.800 bits per heavy atom. The van der Waals surface area contributed by atoms with Crippen LogP contribution in [0.2, 0.25) is 0 Å². The van der Waals surface area contributed by atoms with E-state index in [1.807, 2.05) is 17.4 Å². The standard InChI is InChI=1S/C31H25BO2S/c1-31(2,3)18-11-13-22-21(16-18)32-28-23(33-22)8-5-9-24(28)34-25-14-15-26-27(29(25)32)20-12-10-17-6-4-7-19(17)30(20)35-26/h5,8-16H,4,6-7H2,1-3H3. The number of thiophene rings is 1. The fraction of sp³-hybridized carbons (Fsp3) is 0.226. The molecule has 0 radical (unpaired) electrons. The Labute approximate surface area is 209 Å². The van der Waals surface area contributed by atoms with E-state index >= 15 is 0 Å². The maximum atomic E-state index is 6.58. The van der Waals surface area contributed by atoms with Gasteiger partial charge in [-0.1, -0.05) is 51.1 Å². The third-order valence-corrected chi connectivity index (χ3v) is 9.34. The van der Waals surface area contributed by atoms with Crippen LogP contribution in [0.3, 0.4) is 0 Å². The van der Waals surface area contributed by atoms with E-state index < -0.39 is 0 Å². The first-order valence-electron chi connectivity index (χ1n) is 12.6. The molecular formula is C31H25BO2S. The molecule has 170 valence electrons. The molecule has 0 bridgehead atoms. The molecule has 2 aliphatic heterocycles. The van der Waals surface area contributed by atoms with Gasteiger partial charge in [-0.2, -0.15) is 0 Å². The zero-order valence-corrected chi connectivity index (χ0v) is 21.0. The summed E-state index contributed by atoms with van der Waals surface area (Å²) >= 11 is 1.96. The van der Waals surface area contributed by atoms with Crippen LogP contribution in [-0.4, -0.2) is 6.71 Å². The monoisotopic (exact) mass is 472 g/mol. The summed E-state index contributed by atoms with van der Waals surface area (Å²) in [6.07, 6.45) is 3.67. The van der Waals surface area contributed by atoms with Gasteiger partial charge in [0.05, 0.1) is 0 Å². The minimum absolute atomic E-state index is 0.0600. The maximum Gasteiger partial charge on any atom is 0.261 e. The van der Waals surface area contributed by atoms with Gasteiger partial charge in [0.1, 0.15) is 23.0 Å². The summed E-state index contributed by atoms with van der Waals surface area (Å²) < 4.78 is 15.9. The van der Waals surface area contributed by atoms with Crippen LogP contribution in [0.25, 0.3) is 20.2 Å². The summed E-state index contributed by atoms with van der Waals surface area (Å²) in [6, 6.07) is 22.1. The van der Waals surface area contributed by atoms with Crippen molar-refractivity contribution in [3.05, 3.63) is 77.4 Å². The minimum atomic E-state index is 0.0600. The molecule has 3 aliphatic rings. The van der Waals surface area contributed by atoms with Crippen LogP contribution in [0.4, 0.5) is 0 Å². The lowest BCUT2D eigenvalue weighted by Crippen LogP contribution is -2.57. The molecule has 5 aromatic rings. The molecule has 8 rings (SSSR count). The maximum absolute atomic E-state index is 6.58. The van der Waals surface area contributed by atoms with Crippen molar-refractivity contribution in [1.82, 2.24) is 0 Å². The Hall–Kier alpha value is -3.24. The zero-order valence-electron chi connectivity index (χ0n) is 20.2. The van der Waals surface area contributed by atoms with Gasteiger partial charge in [0.2, 0.25) is 0 Å². The van der Waals surface area contributed by atoms with Gasteiger partial charge in [-0.05, 0) is 88.0 Å². The smallest absolute Gasteiger partial charge is 0.261 e. The Morgan fingerprint density at radius 2 is 1.57 bits per heavy atom. The molecule has 4 heteroatoms. The highest BCUT2D eigenvalue weighted by atomic mass is 32.1. The number of rotatable bonds is 0. The molecule has 0 saturated carbocycles. The first-order chi connectivity index (χ1) is 17.0. The summed E-state index contributed by atoms with van der Waals surface area (Å²) in [5.41, 5.74) is 8.19. The van der Waals surface area contributed by atoms with E-state index in [2.05, 4.69) is 75.4 Å². The van der Waals surface area contributed by atoms with E-state index in [4.69, 9.17) is 9.47 Å². The van der Waals surface area contributed by atoms with Crippen LogP contribution in [0.15, 0.2) is 60.7 Å². The summed E-state index contributed by atoms with van der Waals surface area (Å²) in [5, 5.41) is 2.74. The normalized spacial score (nSPS) is 15.3. The van der Waals surface area contributed by atoms with Crippen molar-refractivity contribution in [2.75, 3.05) is 0 Å². The number of hydrogen-bond donors (Lipinski definition) is 0. The lowest BCUT2D eigenvalue weighted by molar-refractivity contribution is 0.464. The van der Waals surface area contributed by atoms with Crippen molar-refractivity contribution in [1.29, 1.82) is 0 Å². The third-order valence-electron chi connectivity index (χ3n) is 8.11. The zero-order chi connectivity index (χ0) is 23.5. The first-order valence-corrected chi connectivity index (χ1v) is 13.4. The van der Waals surface area contributed by atoms with Gasteiger partial charge >= 0.3 is 0 Å². The van der Waals surface area contributed by atoms with Crippen LogP contribution < -0.4 is 25.9 Å². The fourth-order valence-electron chi connectivity index (χ4n) is 6.39. The van der Waals surface area contributed by atoms with Crippen LogP contribution >= 0.6 is 11.3 Å². The molecule has 1 aromatic heterocycles. The molecule has 0 fully saturated rings. The number of hydrogen-bond acceptors (Lipinski definition) is 3. The number of fused-ring (bicyclic) bond motifs is 10. The Balaban J connectivity index is 1.49. The van der Waals surface area contributed by atoms with Gasteiger partial charge in [-0.15, -0.1) is 11.3 Å². The molecule has 0 N–H and O–H groups in total. The van der Waals surface area contributed by atoms with Crippen molar-refractivity contribution in [2.45, 2.75) is 45.4 Å². The number of ether oxygens (including phenoxy) is 2. The summed E-state index contributed by atoms with van der Waals surface area (Å²) in [7, 11) is 0. The molecule has 0 unspecified atom stereocenters. The second-order valence-electron chi connectivity index (χ2n) is 11.2. The largest absolute Gasteiger partial charge is 0.458 e. The summed E-state index contributed by atoms with van der Waals surface area (Å²) in [4.78, 5) is 0. The first kappa shape index (κ1) is 20.0. The summed E-state index contributed by atoms with van der Waals surface area (Å²) in [5.74, 6) is 3.75. The van der Waals surface area contributed by atoms with Gasteiger partial charge < -0.3 is 9.47 Å². The third kappa shape index (κ3) is 2.66. The number of aryl methyl sites for hydroxylation is 2. The SMILES string of the molecule is CC(C)(C)c1ccc2c(c1)B1c3c(cccc3Oc3ccc4sc5c6c(ccc5c4c31)CCC6)O2. The lowest BCUT2D eigenvalue weighted by Gasteiger charge is -2.34. The molecule has 0 amide bonds. The van der Waals surface area contributed by atoms with Gasteiger partial charge in [0, 0.05) is 20.2 Å². The Morgan fingerprint density at radius 3 is 2.40 bits per heavy atom. The van der Waals surface area contributed by atoms with Crippen molar-refractivity contribution < 1.29 is 9.47 Å². The quantitative estimate of drug-likeness (QED) is 0.233. The van der Waals surface area contributed by atoms with Gasteiger partial charge in [-0.3, -0.25) is 0 Å². The van der Waals surface area contributed by atoms with Crippen molar-refractivity contribution >= 4 is 54.6 Å². The molecule has 3 heterocycles. The van der Waals surface area contributed by atoms with E-state index in [1.54, 1.807) is 5.56 Å². The molecule has 35 heavy (non-hydrogen) atoms. The van der Waals surface area contributed by atoms with E-state index in [0.717, 1.165) is 28.5 Å². The molecule has 0 spiro atoms. The topological polar surface area (TPSA) is 18.5 Å². The summed E-state index contributed by atoms with van der Waals surface area (Å²) in [6.45, 7) is 6.92. The molecule has 0 atom stereocenters. The Bertz CT molecular complexity index is 1710. The highest BCUT2D eigenvalue weighted by Crippen LogP contribution is 2.43. The van der Waals surface area contributed by atoms with Gasteiger partial charge in [0.15, 0.2) is 0 Å². The van der Waals surface area contributed by atoms with Crippen molar-refractivity contribution in [3.63, 3.8) is 0 Å². The molecule has 2 nitrogen and oxygen atoms in total. The molecule has 0 saturated heterocycles. The average molecular weight is 472 g/mol. The van der Waals surface area contributed by atoms with Crippen molar-refractivity contribution in [3.8, 4) is 23.0 Å². The van der Waals surface area contributed by atoms with E-state index in [9.17, 15) is 0 Å². The van der Waals surface area contributed by atoms with Crippen LogP contribution in [-0.2, 0) is 18.3 Å². The van der Waals surface area contributed by atoms with Gasteiger partial charge in [-0.25, -0.2) is 0 Å². The van der Waals surface area contributed by atoms with Gasteiger partial charge in [0.25, 0.3) is 6.71 Å². The van der Waals surface area contributed by atoms with Crippen LogP contribution in [0.1, 0.15) is 43.9 Å². The number of benzene rings is 4. The molecule has 4 aromatic carbocycles. The van der Waals surface area contributed by atoms with Crippen LogP contribution in [0, 0.1) is 0 Å². The van der Waals surface area contributed by atoms with E-state index in [0.29, 0.717) is 0 Å². The second kappa shape index (κ2) is 6.70. The molecular weight excluding hydrogens is 447 g/mol. The van der Waals surface area contributed by atoms with E-state index in [1.165, 1.54) is 61.5 Å². The second-order valence-corrected chi connectivity index (χ2v) is 12.2. The van der Waals surface area contributed by atoms with Crippen molar-refractivity contribution in [2.24, 2.45) is 0 Å². The average Bonchev–Trinajstić information content (AvgIpc) is 3.47. The Kier molecular flexibility index (Phi) is 3.83. The minimum Gasteiger partial charge on any atom is -0.458 e. The predicted octanol–water partition coefficient (Wildman–Crippen LogP) is 6.57. The highest BCUT2D eigenvalue weighted by molar-refractivity contribution is 7.26. The lowest BCUT2D eigenvalue weighted by atomic mass is 9.34. The van der Waals surface area contributed by atoms with E-state index in [-0.39, 0.29) is 12.1 Å². The molecule has 1 aliphatic carbocycles. The fourth-order valence-corrected chi connectivity index (χ4v) is 7.70. The highest BCUT2D eigenvalue weighted by Gasteiger charge is 2.42. The predicted molar refractivity (Wildman–Crippen MR) is 148 cm³/mol. The van der Waals surface area contributed by atoms with Crippen LogP contribution in [0.5, 0.6) is 23.0 Å².